The molecule has 0 saturated carbocycles. The molecule has 1 aromatic heterocycles. The predicted octanol–water partition coefficient (Wildman–Crippen LogP) is 6.15. The van der Waals surface area contributed by atoms with E-state index in [2.05, 4.69) is 4.98 Å². The van der Waals surface area contributed by atoms with Crippen LogP contribution in [0.2, 0.25) is 5.02 Å². The van der Waals surface area contributed by atoms with Crippen LogP contribution in [0, 0.1) is 0 Å². The topological polar surface area (TPSA) is 79.7 Å². The summed E-state index contributed by atoms with van der Waals surface area (Å²) in [5.41, 5.74) is 1.78. The number of pyridine rings is 1. The Morgan fingerprint density at radius 3 is 2.39 bits per heavy atom. The second-order valence-corrected chi connectivity index (χ2v) is 8.72. The van der Waals surface area contributed by atoms with E-state index in [9.17, 15) is 14.7 Å². The Labute approximate surface area is 213 Å². The highest BCUT2D eigenvalue weighted by molar-refractivity contribution is 6.46. The van der Waals surface area contributed by atoms with Crippen molar-refractivity contribution in [2.24, 2.45) is 0 Å². The van der Waals surface area contributed by atoms with Gasteiger partial charge in [-0.15, -0.1) is 0 Å². The number of nitrogens with zero attached hydrogens (tertiary/aromatic N) is 2. The normalized spacial score (nSPS) is 16.8. The summed E-state index contributed by atoms with van der Waals surface area (Å²) in [6.07, 6.45) is 3.28. The Morgan fingerprint density at radius 2 is 1.67 bits per heavy atom. The number of para-hydroxylation sites is 1. The molecule has 6 nitrogen and oxygen atoms in total. The molecule has 178 valence electrons. The van der Waals surface area contributed by atoms with Gasteiger partial charge in [0.25, 0.3) is 11.7 Å². The van der Waals surface area contributed by atoms with Gasteiger partial charge in [-0.1, -0.05) is 48.0 Å². The molecule has 1 N–H and O–H groups in total. The minimum atomic E-state index is -0.833. The number of carbonyl (C=O) groups is 2. The van der Waals surface area contributed by atoms with Crippen molar-refractivity contribution in [1.82, 2.24) is 9.88 Å². The monoisotopic (exact) mass is 496 g/mol. The number of likely N-dealkylation sites (tertiary alicyclic amines) is 1. The maximum absolute atomic E-state index is 13.3. The second-order valence-electron chi connectivity index (χ2n) is 8.28. The fourth-order valence-corrected chi connectivity index (χ4v) is 4.34. The molecule has 7 heteroatoms. The molecular weight excluding hydrogens is 476 g/mol. The molecule has 0 radical (unpaired) electrons. The number of Topliss-reactive ketones (excluding diaryl/α,β-unsaturated/α-hetero) is 1. The van der Waals surface area contributed by atoms with Crippen molar-refractivity contribution < 1.29 is 19.4 Å². The van der Waals surface area contributed by atoms with Crippen LogP contribution in [0.3, 0.4) is 0 Å². The maximum Gasteiger partial charge on any atom is 0.295 e. The largest absolute Gasteiger partial charge is 0.507 e. The van der Waals surface area contributed by atoms with Crippen LogP contribution < -0.4 is 4.74 Å². The summed E-state index contributed by atoms with van der Waals surface area (Å²) in [6, 6.07) is 25.7. The highest BCUT2D eigenvalue weighted by atomic mass is 35.5. The van der Waals surface area contributed by atoms with E-state index in [1.165, 1.54) is 4.90 Å². The van der Waals surface area contributed by atoms with Crippen molar-refractivity contribution in [1.29, 1.82) is 0 Å². The zero-order valence-electron chi connectivity index (χ0n) is 19.0. The Balaban J connectivity index is 1.61. The van der Waals surface area contributed by atoms with Crippen LogP contribution in [0.25, 0.3) is 5.76 Å². The van der Waals surface area contributed by atoms with Gasteiger partial charge in [-0.2, -0.15) is 0 Å². The number of aliphatic hydroxyl groups is 1. The number of aromatic nitrogens is 1. The van der Waals surface area contributed by atoms with Crippen molar-refractivity contribution in [3.8, 4) is 11.5 Å². The molecule has 1 aliphatic rings. The lowest BCUT2D eigenvalue weighted by molar-refractivity contribution is -0.140. The summed E-state index contributed by atoms with van der Waals surface area (Å²) in [6.45, 7) is 0.143. The van der Waals surface area contributed by atoms with Gasteiger partial charge in [0, 0.05) is 29.5 Å². The zero-order chi connectivity index (χ0) is 25.1. The van der Waals surface area contributed by atoms with E-state index in [0.717, 1.165) is 5.56 Å². The summed E-state index contributed by atoms with van der Waals surface area (Å²) in [7, 11) is 0. The first kappa shape index (κ1) is 23.3. The Bertz CT molecular complexity index is 1440. The molecule has 0 spiro atoms. The van der Waals surface area contributed by atoms with Gasteiger partial charge in [0.05, 0.1) is 11.6 Å². The highest BCUT2D eigenvalue weighted by Crippen LogP contribution is 2.41. The van der Waals surface area contributed by atoms with Gasteiger partial charge in [-0.3, -0.25) is 14.6 Å². The third-order valence-corrected chi connectivity index (χ3v) is 6.14. The number of ether oxygens (including phenoxy) is 1. The van der Waals surface area contributed by atoms with Crippen LogP contribution in [0.15, 0.2) is 109 Å². The third-order valence-electron chi connectivity index (χ3n) is 5.89. The highest BCUT2D eigenvalue weighted by Gasteiger charge is 2.46. The van der Waals surface area contributed by atoms with Crippen molar-refractivity contribution in [2.75, 3.05) is 0 Å². The number of amides is 1. The molecule has 0 bridgehead atoms. The Kier molecular flexibility index (Phi) is 6.52. The van der Waals surface area contributed by atoms with Crippen molar-refractivity contribution >= 4 is 29.1 Å². The minimum absolute atomic E-state index is 0.00285. The quantitative estimate of drug-likeness (QED) is 0.197. The summed E-state index contributed by atoms with van der Waals surface area (Å²) in [5, 5.41) is 11.7. The van der Waals surface area contributed by atoms with E-state index in [1.54, 1.807) is 67.0 Å². The third kappa shape index (κ3) is 4.72. The van der Waals surface area contributed by atoms with Crippen LogP contribution in [-0.2, 0) is 16.1 Å². The molecule has 1 atom stereocenters. The van der Waals surface area contributed by atoms with Crippen LogP contribution >= 0.6 is 11.6 Å². The SMILES string of the molecule is O=C1C(=O)N(Cc2cccnc2)[C@@H](c2cccc(Oc3ccccc3)c2)C1=C(O)c1ccc(Cl)cc1. The van der Waals surface area contributed by atoms with Crippen molar-refractivity contribution in [3.63, 3.8) is 0 Å². The van der Waals surface area contributed by atoms with Gasteiger partial charge in [0.2, 0.25) is 0 Å². The zero-order valence-corrected chi connectivity index (χ0v) is 19.8. The van der Waals surface area contributed by atoms with E-state index < -0.39 is 17.7 Å². The summed E-state index contributed by atoms with van der Waals surface area (Å²) >= 11 is 6.00. The first-order chi connectivity index (χ1) is 17.5. The fraction of sp³-hybridized carbons (Fsp3) is 0.0690. The minimum Gasteiger partial charge on any atom is -0.507 e. The number of aliphatic hydroxyl groups excluding tert-OH is 1. The molecule has 1 saturated heterocycles. The lowest BCUT2D eigenvalue weighted by Crippen LogP contribution is -2.29. The van der Waals surface area contributed by atoms with Crippen LogP contribution in [0.4, 0.5) is 0 Å². The predicted molar refractivity (Wildman–Crippen MR) is 136 cm³/mol. The number of ketones is 1. The van der Waals surface area contributed by atoms with Gasteiger partial charge < -0.3 is 14.7 Å². The summed E-state index contributed by atoms with van der Waals surface area (Å²) in [4.78, 5) is 32.1. The van der Waals surface area contributed by atoms with Crippen LogP contribution in [-0.4, -0.2) is 26.7 Å². The lowest BCUT2D eigenvalue weighted by Gasteiger charge is -2.25. The number of carbonyl (C=O) groups excluding carboxylic acids is 2. The molecule has 0 aliphatic carbocycles. The van der Waals surface area contributed by atoms with Crippen LogP contribution in [0.1, 0.15) is 22.7 Å². The molecule has 0 unspecified atom stereocenters. The molecular formula is C29H21ClN2O4. The fourth-order valence-electron chi connectivity index (χ4n) is 4.21. The van der Waals surface area contributed by atoms with Gasteiger partial charge in [0.1, 0.15) is 17.3 Å². The number of halogens is 1. The number of benzene rings is 3. The van der Waals surface area contributed by atoms with E-state index in [0.29, 0.717) is 27.6 Å². The lowest BCUT2D eigenvalue weighted by atomic mass is 9.95. The Morgan fingerprint density at radius 1 is 0.917 bits per heavy atom. The first-order valence-electron chi connectivity index (χ1n) is 11.3. The summed E-state index contributed by atoms with van der Waals surface area (Å²) in [5.74, 6) is -0.532. The second kappa shape index (κ2) is 10.1. The first-order valence-corrected chi connectivity index (χ1v) is 11.6. The van der Waals surface area contributed by atoms with E-state index in [4.69, 9.17) is 16.3 Å². The summed E-state index contributed by atoms with van der Waals surface area (Å²) < 4.78 is 5.99. The molecule has 1 amide bonds. The van der Waals surface area contributed by atoms with Gasteiger partial charge in [-0.25, -0.2) is 0 Å². The molecule has 3 aromatic carbocycles. The number of hydrogen-bond acceptors (Lipinski definition) is 5. The molecule has 5 rings (SSSR count). The van der Waals surface area contributed by atoms with Gasteiger partial charge in [-0.05, 0) is 65.7 Å². The Hall–Kier alpha value is -4.42. The number of rotatable bonds is 6. The molecule has 1 fully saturated rings. The van der Waals surface area contributed by atoms with E-state index in [-0.39, 0.29) is 17.9 Å². The average Bonchev–Trinajstić information content (AvgIpc) is 3.15. The molecule has 2 heterocycles. The standard InChI is InChI=1S/C29H21ClN2O4/c30-22-13-11-20(12-14-22)27(33)25-26(32(29(35)28(25)34)18-19-6-5-15-31-17-19)21-7-4-10-24(16-21)36-23-8-2-1-3-9-23/h1-17,26,33H,18H2/t26-/m0/s1. The molecule has 36 heavy (non-hydrogen) atoms. The van der Waals surface area contributed by atoms with Gasteiger partial charge in [0.15, 0.2) is 0 Å². The van der Waals surface area contributed by atoms with Crippen molar-refractivity contribution in [3.05, 3.63) is 131 Å². The van der Waals surface area contributed by atoms with E-state index >= 15 is 0 Å². The van der Waals surface area contributed by atoms with E-state index in [1.807, 2.05) is 36.4 Å². The smallest absolute Gasteiger partial charge is 0.295 e. The van der Waals surface area contributed by atoms with Crippen LogP contribution in [0.5, 0.6) is 11.5 Å². The molecule has 4 aromatic rings. The van der Waals surface area contributed by atoms with Gasteiger partial charge >= 0.3 is 0 Å². The molecule has 1 aliphatic heterocycles. The average molecular weight is 497 g/mol. The maximum atomic E-state index is 13.3. The number of hydrogen-bond donors (Lipinski definition) is 1. The van der Waals surface area contributed by atoms with Crippen molar-refractivity contribution in [2.45, 2.75) is 12.6 Å².